The van der Waals surface area contributed by atoms with E-state index in [2.05, 4.69) is 172 Å². The normalized spacial score (nSPS) is 13.3. The first-order valence-electron chi connectivity index (χ1n) is 19.3. The average Bonchev–Trinajstić information content (AvgIpc) is 3.20. The summed E-state index contributed by atoms with van der Waals surface area (Å²) in [4.78, 5) is 5.36. The molecule has 0 atom stereocenters. The summed E-state index contributed by atoms with van der Waals surface area (Å²) in [6.45, 7) is 9.84. The SMILES string of the molecule is Cc1cc(-c2ccc3c4c(cccc24)Sc2ccccc2-3)c2ccc3c([Si](C)(C)C)cc(-c4ccc5c6c(cccc46)-c4ccccc4S5)c4ccc1c2c43. The van der Waals surface area contributed by atoms with Crippen LogP contribution in [0.4, 0.5) is 0 Å². The molecule has 0 N–H and O–H groups in total. The van der Waals surface area contributed by atoms with E-state index in [0.717, 1.165) is 0 Å². The van der Waals surface area contributed by atoms with Crippen LogP contribution in [0.5, 0.6) is 0 Å². The molecule has 0 bridgehead atoms. The van der Waals surface area contributed by atoms with Gasteiger partial charge in [0.1, 0.15) is 0 Å². The summed E-state index contributed by atoms with van der Waals surface area (Å²) in [6, 6.07) is 55.9. The van der Waals surface area contributed by atoms with Crippen LogP contribution in [0.15, 0.2) is 165 Å². The van der Waals surface area contributed by atoms with Crippen LogP contribution in [0, 0.1) is 6.92 Å². The monoisotopic (exact) mass is 752 g/mol. The molecule has 0 nitrogen and oxygen atoms in total. The fourth-order valence-corrected chi connectivity index (χ4v) is 13.7. The van der Waals surface area contributed by atoms with Crippen molar-refractivity contribution in [3.63, 3.8) is 0 Å². The first-order valence-corrected chi connectivity index (χ1v) is 24.4. The Bertz CT molecular complexity index is 3310. The molecule has 0 saturated heterocycles. The Balaban J connectivity index is 1.17. The van der Waals surface area contributed by atoms with E-state index < -0.39 is 8.07 Å². The fraction of sp³-hybridized carbons (Fsp3) is 0.0769. The average molecular weight is 753 g/mol. The Morgan fingerprint density at radius 1 is 0.327 bits per heavy atom. The zero-order valence-electron chi connectivity index (χ0n) is 31.2. The summed E-state index contributed by atoms with van der Waals surface area (Å²) in [5, 5.41) is 15.2. The number of fused-ring (bicyclic) bond motifs is 4. The van der Waals surface area contributed by atoms with Crippen LogP contribution >= 0.6 is 23.5 Å². The highest BCUT2D eigenvalue weighted by molar-refractivity contribution is 8.00. The predicted octanol–water partition coefficient (Wildman–Crippen LogP) is 15.3. The van der Waals surface area contributed by atoms with Crippen molar-refractivity contribution in [3.05, 3.63) is 151 Å². The molecule has 0 aliphatic carbocycles. The van der Waals surface area contributed by atoms with Gasteiger partial charge in [0.15, 0.2) is 0 Å². The molecule has 3 heteroatoms. The number of hydrogen-bond acceptors (Lipinski definition) is 2. The van der Waals surface area contributed by atoms with E-state index in [0.29, 0.717) is 0 Å². The summed E-state index contributed by atoms with van der Waals surface area (Å²) in [6.07, 6.45) is 0. The van der Waals surface area contributed by atoms with E-state index in [4.69, 9.17) is 0 Å². The molecule has 55 heavy (non-hydrogen) atoms. The highest BCUT2D eigenvalue weighted by Gasteiger charge is 2.28. The van der Waals surface area contributed by atoms with E-state index >= 15 is 0 Å². The summed E-state index contributed by atoms with van der Waals surface area (Å²) in [7, 11) is -1.80. The molecule has 10 aromatic carbocycles. The fourth-order valence-electron chi connectivity index (χ4n) is 9.86. The lowest BCUT2D eigenvalue weighted by atomic mass is 9.83. The van der Waals surface area contributed by atoms with Crippen LogP contribution in [0.3, 0.4) is 0 Å². The molecule has 2 aliphatic rings. The quantitative estimate of drug-likeness (QED) is 0.130. The van der Waals surface area contributed by atoms with Crippen molar-refractivity contribution >= 4 is 90.6 Å². The first-order chi connectivity index (χ1) is 26.8. The molecule has 0 unspecified atom stereocenters. The second-order valence-corrected chi connectivity index (χ2v) is 23.6. The van der Waals surface area contributed by atoms with E-state index in [1.165, 1.54) is 129 Å². The van der Waals surface area contributed by atoms with Gasteiger partial charge < -0.3 is 0 Å². The zero-order valence-corrected chi connectivity index (χ0v) is 33.8. The van der Waals surface area contributed by atoms with Gasteiger partial charge in [-0.05, 0) is 124 Å². The van der Waals surface area contributed by atoms with Crippen molar-refractivity contribution in [2.45, 2.75) is 46.1 Å². The second kappa shape index (κ2) is 11.4. The van der Waals surface area contributed by atoms with E-state index in [1.807, 2.05) is 23.5 Å². The zero-order chi connectivity index (χ0) is 36.7. The third-order valence-corrected chi connectivity index (χ3v) is 16.6. The van der Waals surface area contributed by atoms with Crippen LogP contribution in [0.2, 0.25) is 19.6 Å². The van der Waals surface area contributed by atoms with Crippen LogP contribution in [0.25, 0.3) is 98.4 Å². The van der Waals surface area contributed by atoms with Gasteiger partial charge in [-0.15, -0.1) is 0 Å². The van der Waals surface area contributed by atoms with Crippen molar-refractivity contribution in [2.24, 2.45) is 0 Å². The minimum Gasteiger partial charge on any atom is -0.0888 e. The molecular formula is C52H36S2Si. The minimum atomic E-state index is -1.80. The molecule has 12 rings (SSSR count). The highest BCUT2D eigenvalue weighted by Crippen LogP contribution is 2.53. The van der Waals surface area contributed by atoms with Gasteiger partial charge in [-0.1, -0.05) is 170 Å². The molecule has 0 fully saturated rings. The lowest BCUT2D eigenvalue weighted by molar-refractivity contribution is 1.40. The van der Waals surface area contributed by atoms with E-state index in [-0.39, 0.29) is 0 Å². The van der Waals surface area contributed by atoms with Crippen LogP contribution in [-0.4, -0.2) is 8.07 Å². The molecular weight excluding hydrogens is 717 g/mol. The van der Waals surface area contributed by atoms with Crippen molar-refractivity contribution in [2.75, 3.05) is 0 Å². The van der Waals surface area contributed by atoms with Gasteiger partial charge in [0, 0.05) is 30.4 Å². The van der Waals surface area contributed by atoms with Crippen molar-refractivity contribution < 1.29 is 0 Å². The molecule has 0 amide bonds. The molecule has 0 spiro atoms. The largest absolute Gasteiger partial charge is 0.0888 e. The molecule has 0 radical (unpaired) electrons. The van der Waals surface area contributed by atoms with Gasteiger partial charge in [0.2, 0.25) is 0 Å². The van der Waals surface area contributed by atoms with Gasteiger partial charge in [0.05, 0.1) is 8.07 Å². The first kappa shape index (κ1) is 32.0. The number of benzene rings is 10. The topological polar surface area (TPSA) is 0 Å². The molecule has 260 valence electrons. The summed E-state index contributed by atoms with van der Waals surface area (Å²) in [5.41, 5.74) is 12.0. The van der Waals surface area contributed by atoms with Gasteiger partial charge >= 0.3 is 0 Å². The minimum absolute atomic E-state index is 1.31. The van der Waals surface area contributed by atoms with Gasteiger partial charge in [-0.2, -0.15) is 0 Å². The van der Waals surface area contributed by atoms with E-state index in [1.54, 1.807) is 0 Å². The predicted molar refractivity (Wildman–Crippen MR) is 243 cm³/mol. The lowest BCUT2D eigenvalue weighted by Crippen LogP contribution is -2.38. The summed E-state index contributed by atoms with van der Waals surface area (Å²) in [5.74, 6) is 0. The third-order valence-electron chi connectivity index (χ3n) is 12.3. The van der Waals surface area contributed by atoms with Crippen molar-refractivity contribution in [3.8, 4) is 44.5 Å². The maximum Gasteiger partial charge on any atom is 0.0784 e. The standard InChI is InChI=1S/C52H36S2Si/c1-29-27-42(31-20-22-38-34-12-6-8-17-45(34)53-46-18-10-15-36(31)50(38)46)39-23-24-41-48(55(2,3)4)28-43(40-21-19-30(29)51(39)52(40)41)32-25-26-47-49-35(32)13-9-14-37(49)33-11-5-7-16-44(33)54-47/h5-28H,1-4H3. The molecule has 10 aromatic rings. The van der Waals surface area contributed by atoms with Crippen LogP contribution in [-0.2, 0) is 0 Å². The number of rotatable bonds is 3. The van der Waals surface area contributed by atoms with Crippen molar-refractivity contribution in [1.82, 2.24) is 0 Å². The Morgan fingerprint density at radius 3 is 1.45 bits per heavy atom. The second-order valence-electron chi connectivity index (χ2n) is 16.4. The van der Waals surface area contributed by atoms with Gasteiger partial charge in [-0.25, -0.2) is 0 Å². The third kappa shape index (κ3) is 4.43. The van der Waals surface area contributed by atoms with Crippen molar-refractivity contribution in [1.29, 1.82) is 0 Å². The lowest BCUT2D eigenvalue weighted by Gasteiger charge is -2.26. The molecule has 0 saturated carbocycles. The number of aryl methyl sites for hydroxylation is 1. The molecule has 2 heterocycles. The highest BCUT2D eigenvalue weighted by atomic mass is 32.2. The Kier molecular flexibility index (Phi) is 6.61. The smallest absolute Gasteiger partial charge is 0.0784 e. The van der Waals surface area contributed by atoms with Gasteiger partial charge in [0.25, 0.3) is 0 Å². The van der Waals surface area contributed by atoms with Crippen LogP contribution in [0.1, 0.15) is 5.56 Å². The summed E-state index contributed by atoms with van der Waals surface area (Å²) < 4.78 is 0. The van der Waals surface area contributed by atoms with E-state index in [9.17, 15) is 0 Å². The molecule has 2 aliphatic heterocycles. The van der Waals surface area contributed by atoms with Crippen LogP contribution < -0.4 is 5.19 Å². The Hall–Kier alpha value is -5.32. The molecule has 0 aromatic heterocycles. The Labute approximate surface area is 330 Å². The maximum absolute atomic E-state index is 2.58. The maximum atomic E-state index is 2.58. The number of hydrogen-bond donors (Lipinski definition) is 0. The summed E-state index contributed by atoms with van der Waals surface area (Å²) >= 11 is 3.81. The Morgan fingerprint density at radius 2 is 0.782 bits per heavy atom. The van der Waals surface area contributed by atoms with Gasteiger partial charge in [-0.3, -0.25) is 0 Å².